The summed E-state index contributed by atoms with van der Waals surface area (Å²) in [5.41, 5.74) is 0.924. The second-order valence-electron chi connectivity index (χ2n) is 7.80. The number of piperidine rings is 1. The van der Waals surface area contributed by atoms with Gasteiger partial charge < -0.3 is 10.1 Å². The molecule has 2 aliphatic heterocycles. The molecular formula is C22H23N3O6S. The fourth-order valence-corrected chi connectivity index (χ4v) is 5.48. The van der Waals surface area contributed by atoms with Gasteiger partial charge in [0.2, 0.25) is 15.9 Å². The minimum Gasteiger partial charge on any atom is -0.497 e. The van der Waals surface area contributed by atoms with Crippen molar-refractivity contribution >= 4 is 33.4 Å². The fourth-order valence-electron chi connectivity index (χ4n) is 3.95. The molecule has 168 valence electrons. The van der Waals surface area contributed by atoms with E-state index in [4.69, 9.17) is 4.74 Å². The van der Waals surface area contributed by atoms with Gasteiger partial charge in [-0.25, -0.2) is 8.42 Å². The van der Waals surface area contributed by atoms with Gasteiger partial charge >= 0.3 is 0 Å². The summed E-state index contributed by atoms with van der Waals surface area (Å²) in [6.45, 7) is 0.394. The van der Waals surface area contributed by atoms with E-state index in [9.17, 15) is 22.8 Å². The average Bonchev–Trinajstić information content (AvgIpc) is 3.02. The highest BCUT2D eigenvalue weighted by Gasteiger charge is 2.35. The molecule has 3 amide bonds. The molecule has 0 radical (unpaired) electrons. The molecule has 1 saturated heterocycles. The zero-order chi connectivity index (χ0) is 23.0. The van der Waals surface area contributed by atoms with Gasteiger partial charge in [-0.2, -0.15) is 4.31 Å². The third-order valence-corrected chi connectivity index (χ3v) is 7.69. The monoisotopic (exact) mass is 457 g/mol. The molecule has 1 atom stereocenters. The van der Waals surface area contributed by atoms with Gasteiger partial charge in [-0.15, -0.1) is 0 Å². The van der Waals surface area contributed by atoms with Crippen LogP contribution in [0, 0.1) is 5.92 Å². The molecule has 9 nitrogen and oxygen atoms in total. The Bertz CT molecular complexity index is 1190. The van der Waals surface area contributed by atoms with Crippen LogP contribution < -0.4 is 10.1 Å². The number of amides is 3. The number of hydrogen-bond donors (Lipinski definition) is 1. The van der Waals surface area contributed by atoms with Crippen LogP contribution in [0.25, 0.3) is 0 Å². The van der Waals surface area contributed by atoms with Gasteiger partial charge in [-0.05, 0) is 55.3 Å². The summed E-state index contributed by atoms with van der Waals surface area (Å²) in [5, 5.41) is 2.76. The minimum absolute atomic E-state index is 0.0608. The largest absolute Gasteiger partial charge is 0.497 e. The number of anilines is 1. The van der Waals surface area contributed by atoms with Crippen LogP contribution in [0.3, 0.4) is 0 Å². The van der Waals surface area contributed by atoms with Crippen LogP contribution in [0.5, 0.6) is 5.75 Å². The maximum Gasteiger partial charge on any atom is 0.261 e. The molecule has 10 heteroatoms. The van der Waals surface area contributed by atoms with Crippen LogP contribution in [0.1, 0.15) is 33.6 Å². The number of fused-ring (bicyclic) bond motifs is 1. The number of rotatable bonds is 5. The Morgan fingerprint density at radius 2 is 1.75 bits per heavy atom. The number of sulfonamides is 1. The van der Waals surface area contributed by atoms with E-state index in [-0.39, 0.29) is 28.8 Å². The summed E-state index contributed by atoms with van der Waals surface area (Å²) in [4.78, 5) is 38.2. The molecule has 0 bridgehead atoms. The normalized spacial score (nSPS) is 19.1. The lowest BCUT2D eigenvalue weighted by molar-refractivity contribution is -0.120. The second-order valence-corrected chi connectivity index (χ2v) is 9.73. The van der Waals surface area contributed by atoms with Gasteiger partial charge in [0.1, 0.15) is 5.75 Å². The van der Waals surface area contributed by atoms with E-state index < -0.39 is 21.8 Å². The highest BCUT2D eigenvalue weighted by Crippen LogP contribution is 2.28. The summed E-state index contributed by atoms with van der Waals surface area (Å²) < 4.78 is 32.4. The van der Waals surface area contributed by atoms with Crippen LogP contribution in [-0.2, 0) is 14.8 Å². The Morgan fingerprint density at radius 1 is 1.06 bits per heavy atom. The first-order valence-corrected chi connectivity index (χ1v) is 11.6. The van der Waals surface area contributed by atoms with Crippen LogP contribution in [0.2, 0.25) is 0 Å². The van der Waals surface area contributed by atoms with E-state index >= 15 is 0 Å². The predicted octanol–water partition coefficient (Wildman–Crippen LogP) is 1.96. The van der Waals surface area contributed by atoms with Gasteiger partial charge in [0.05, 0.1) is 29.1 Å². The first-order valence-electron chi connectivity index (χ1n) is 10.1. The number of ether oxygens (including phenoxy) is 1. The zero-order valence-corrected chi connectivity index (χ0v) is 18.5. The molecule has 1 unspecified atom stereocenters. The molecule has 1 N–H and O–H groups in total. The standard InChI is InChI=1S/C22H23N3O6S/c1-24-21(27)18-10-5-15(12-19(18)22(24)28)23-20(26)14-4-3-11-25(13-14)32(29,30)17-8-6-16(31-2)7-9-17/h5-10,12,14H,3-4,11,13H2,1-2H3,(H,23,26). The van der Waals surface area contributed by atoms with E-state index in [2.05, 4.69) is 5.32 Å². The quantitative estimate of drug-likeness (QED) is 0.687. The lowest BCUT2D eigenvalue weighted by Crippen LogP contribution is -2.43. The van der Waals surface area contributed by atoms with Crippen molar-refractivity contribution in [3.63, 3.8) is 0 Å². The van der Waals surface area contributed by atoms with E-state index in [1.54, 1.807) is 18.2 Å². The molecule has 2 aliphatic rings. The maximum atomic E-state index is 13.0. The Labute approximate surface area is 186 Å². The Kier molecular flexibility index (Phi) is 5.74. The Balaban J connectivity index is 1.47. The number of nitrogens with zero attached hydrogens (tertiary/aromatic N) is 2. The van der Waals surface area contributed by atoms with E-state index in [1.165, 1.54) is 42.7 Å². The lowest BCUT2D eigenvalue weighted by Gasteiger charge is -2.31. The topological polar surface area (TPSA) is 113 Å². The minimum atomic E-state index is -3.74. The van der Waals surface area contributed by atoms with Crippen molar-refractivity contribution in [2.24, 2.45) is 5.92 Å². The summed E-state index contributed by atoms with van der Waals surface area (Å²) in [7, 11) is -0.834. The SMILES string of the molecule is COc1ccc(S(=O)(=O)N2CCCC(C(=O)Nc3ccc4c(c3)C(=O)N(C)C4=O)C2)cc1. The van der Waals surface area contributed by atoms with Gasteiger partial charge in [0.25, 0.3) is 11.8 Å². The highest BCUT2D eigenvalue weighted by atomic mass is 32.2. The molecule has 4 rings (SSSR count). The van der Waals surface area contributed by atoms with Crippen molar-refractivity contribution in [1.29, 1.82) is 0 Å². The Morgan fingerprint density at radius 3 is 2.44 bits per heavy atom. The number of carbonyl (C=O) groups excluding carboxylic acids is 3. The molecule has 1 fully saturated rings. The third-order valence-electron chi connectivity index (χ3n) is 5.81. The number of carbonyl (C=O) groups is 3. The first-order chi connectivity index (χ1) is 15.2. The third kappa shape index (κ3) is 3.87. The van der Waals surface area contributed by atoms with E-state index in [0.29, 0.717) is 36.4 Å². The summed E-state index contributed by atoms with van der Waals surface area (Å²) >= 11 is 0. The Hall–Kier alpha value is -3.24. The van der Waals surface area contributed by atoms with Crippen molar-refractivity contribution in [3.05, 3.63) is 53.6 Å². The van der Waals surface area contributed by atoms with Crippen molar-refractivity contribution in [2.45, 2.75) is 17.7 Å². The van der Waals surface area contributed by atoms with Crippen molar-refractivity contribution in [2.75, 3.05) is 32.6 Å². The lowest BCUT2D eigenvalue weighted by atomic mass is 9.98. The van der Waals surface area contributed by atoms with Crippen LogP contribution >= 0.6 is 0 Å². The molecule has 2 aromatic rings. The predicted molar refractivity (Wildman–Crippen MR) is 116 cm³/mol. The van der Waals surface area contributed by atoms with Crippen LogP contribution in [-0.4, -0.2) is 62.6 Å². The molecule has 0 aromatic heterocycles. The molecular weight excluding hydrogens is 434 g/mol. The summed E-state index contributed by atoms with van der Waals surface area (Å²) in [5.74, 6) is -1.11. The maximum absolute atomic E-state index is 13.0. The number of benzene rings is 2. The van der Waals surface area contributed by atoms with Crippen molar-refractivity contribution in [1.82, 2.24) is 9.21 Å². The molecule has 0 spiro atoms. The van der Waals surface area contributed by atoms with E-state index in [1.807, 2.05) is 0 Å². The van der Waals surface area contributed by atoms with Gasteiger partial charge in [0.15, 0.2) is 0 Å². The van der Waals surface area contributed by atoms with Crippen molar-refractivity contribution in [3.8, 4) is 5.75 Å². The molecule has 2 heterocycles. The summed E-state index contributed by atoms with van der Waals surface area (Å²) in [6, 6.07) is 10.7. The van der Waals surface area contributed by atoms with Gasteiger partial charge in [-0.1, -0.05) is 0 Å². The van der Waals surface area contributed by atoms with Crippen LogP contribution in [0.4, 0.5) is 5.69 Å². The number of nitrogens with one attached hydrogen (secondary N) is 1. The zero-order valence-electron chi connectivity index (χ0n) is 17.7. The van der Waals surface area contributed by atoms with Crippen LogP contribution in [0.15, 0.2) is 47.4 Å². The smallest absolute Gasteiger partial charge is 0.261 e. The van der Waals surface area contributed by atoms with Gasteiger partial charge in [-0.3, -0.25) is 19.3 Å². The van der Waals surface area contributed by atoms with E-state index in [0.717, 1.165) is 4.90 Å². The fraction of sp³-hybridized carbons (Fsp3) is 0.318. The molecule has 0 saturated carbocycles. The number of hydrogen-bond acceptors (Lipinski definition) is 6. The average molecular weight is 458 g/mol. The highest BCUT2D eigenvalue weighted by molar-refractivity contribution is 7.89. The molecule has 32 heavy (non-hydrogen) atoms. The second kappa shape index (κ2) is 8.36. The van der Waals surface area contributed by atoms with Crippen molar-refractivity contribution < 1.29 is 27.5 Å². The van der Waals surface area contributed by atoms with Gasteiger partial charge in [0, 0.05) is 25.8 Å². The first kappa shape index (κ1) is 22.0. The summed E-state index contributed by atoms with van der Waals surface area (Å²) in [6.07, 6.45) is 1.10. The molecule has 0 aliphatic carbocycles. The number of imide groups is 1. The number of methoxy groups -OCH3 is 1. The molecule has 2 aromatic carbocycles.